The average Bonchev–Trinajstić information content (AvgIpc) is 2.93. The van der Waals surface area contributed by atoms with Crippen molar-refractivity contribution < 1.29 is 5.11 Å². The van der Waals surface area contributed by atoms with Crippen LogP contribution < -0.4 is 0 Å². The van der Waals surface area contributed by atoms with E-state index in [4.69, 9.17) is 0 Å². The summed E-state index contributed by atoms with van der Waals surface area (Å²) in [6.45, 7) is 0. The fraction of sp³-hybridized carbons (Fsp3) is 0.375. The molecule has 2 unspecified atom stereocenters. The number of thioether (sulfide) groups is 1. The van der Waals surface area contributed by atoms with Crippen LogP contribution in [0.25, 0.3) is 10.8 Å². The topological polar surface area (TPSA) is 20.2 Å². The van der Waals surface area contributed by atoms with Gasteiger partial charge in [-0.05, 0) is 46.6 Å². The number of benzene rings is 2. The lowest BCUT2D eigenvalue weighted by atomic mass is 9.93. The van der Waals surface area contributed by atoms with Crippen LogP contribution in [0.15, 0.2) is 42.5 Å². The van der Waals surface area contributed by atoms with Crippen molar-refractivity contribution in [2.24, 2.45) is 5.92 Å². The van der Waals surface area contributed by atoms with E-state index in [0.29, 0.717) is 5.92 Å². The highest BCUT2D eigenvalue weighted by Crippen LogP contribution is 2.29. The van der Waals surface area contributed by atoms with E-state index in [0.717, 1.165) is 18.6 Å². The van der Waals surface area contributed by atoms with Crippen molar-refractivity contribution in [1.29, 1.82) is 0 Å². The van der Waals surface area contributed by atoms with Crippen molar-refractivity contribution in [3.8, 4) is 0 Å². The molecule has 1 nitrogen and oxygen atoms in total. The Kier molecular flexibility index (Phi) is 3.57. The molecule has 0 saturated carbocycles. The van der Waals surface area contributed by atoms with Crippen LogP contribution in [0.3, 0.4) is 0 Å². The van der Waals surface area contributed by atoms with Crippen molar-refractivity contribution in [2.75, 3.05) is 11.5 Å². The van der Waals surface area contributed by atoms with Gasteiger partial charge >= 0.3 is 0 Å². The Morgan fingerprint density at radius 3 is 2.83 bits per heavy atom. The zero-order valence-corrected chi connectivity index (χ0v) is 11.2. The molecule has 0 bridgehead atoms. The highest BCUT2D eigenvalue weighted by Gasteiger charge is 2.24. The Bertz CT molecular complexity index is 526. The van der Waals surface area contributed by atoms with E-state index in [1.807, 2.05) is 11.8 Å². The normalized spacial score (nSPS) is 21.3. The lowest BCUT2D eigenvalue weighted by Gasteiger charge is -2.18. The molecule has 1 N–H and O–H groups in total. The molecule has 0 radical (unpaired) electrons. The van der Waals surface area contributed by atoms with Gasteiger partial charge in [-0.1, -0.05) is 42.5 Å². The first-order valence-electron chi connectivity index (χ1n) is 6.57. The molecule has 1 aliphatic heterocycles. The van der Waals surface area contributed by atoms with Crippen LogP contribution >= 0.6 is 11.8 Å². The molecule has 0 aliphatic carbocycles. The van der Waals surface area contributed by atoms with Crippen molar-refractivity contribution in [2.45, 2.75) is 18.9 Å². The first-order chi connectivity index (χ1) is 8.84. The molecule has 0 aromatic heterocycles. The molecule has 2 atom stereocenters. The second-order valence-electron chi connectivity index (χ2n) is 5.03. The number of fused-ring (bicyclic) bond motifs is 1. The highest BCUT2D eigenvalue weighted by atomic mass is 32.2. The van der Waals surface area contributed by atoms with E-state index >= 15 is 0 Å². The van der Waals surface area contributed by atoms with Crippen LogP contribution in [-0.4, -0.2) is 22.7 Å². The molecule has 1 saturated heterocycles. The number of hydrogen-bond acceptors (Lipinski definition) is 2. The lowest BCUT2D eigenvalue weighted by Crippen LogP contribution is -2.22. The molecular formula is C16H18OS. The zero-order valence-electron chi connectivity index (χ0n) is 10.4. The summed E-state index contributed by atoms with van der Waals surface area (Å²) in [5, 5.41) is 12.9. The second-order valence-corrected chi connectivity index (χ2v) is 6.18. The fourth-order valence-electron chi connectivity index (χ4n) is 2.72. The number of hydrogen-bond donors (Lipinski definition) is 1. The molecule has 2 aromatic rings. The molecule has 94 valence electrons. The average molecular weight is 258 g/mol. The van der Waals surface area contributed by atoms with Crippen LogP contribution in [0.2, 0.25) is 0 Å². The summed E-state index contributed by atoms with van der Waals surface area (Å²) >= 11 is 1.96. The van der Waals surface area contributed by atoms with Crippen LogP contribution in [0.4, 0.5) is 0 Å². The van der Waals surface area contributed by atoms with Crippen LogP contribution in [-0.2, 0) is 6.42 Å². The predicted molar refractivity (Wildman–Crippen MR) is 79.1 cm³/mol. The van der Waals surface area contributed by atoms with Gasteiger partial charge in [-0.2, -0.15) is 11.8 Å². The minimum Gasteiger partial charge on any atom is -0.392 e. The van der Waals surface area contributed by atoms with Crippen molar-refractivity contribution >= 4 is 22.5 Å². The maximum absolute atomic E-state index is 10.3. The van der Waals surface area contributed by atoms with Gasteiger partial charge in [0.05, 0.1) is 6.10 Å². The minimum atomic E-state index is -0.189. The van der Waals surface area contributed by atoms with E-state index in [1.54, 1.807) is 0 Å². The Hall–Kier alpha value is -0.990. The molecular weight excluding hydrogens is 240 g/mol. The Labute approximate surface area is 112 Å². The lowest BCUT2D eigenvalue weighted by molar-refractivity contribution is 0.120. The van der Waals surface area contributed by atoms with Gasteiger partial charge in [0.25, 0.3) is 0 Å². The largest absolute Gasteiger partial charge is 0.392 e. The number of aliphatic hydroxyl groups is 1. The summed E-state index contributed by atoms with van der Waals surface area (Å²) in [6, 6.07) is 14.8. The Morgan fingerprint density at radius 1 is 1.17 bits per heavy atom. The summed E-state index contributed by atoms with van der Waals surface area (Å²) in [5.41, 5.74) is 1.28. The van der Waals surface area contributed by atoms with Crippen LogP contribution in [0.1, 0.15) is 12.0 Å². The smallest absolute Gasteiger partial charge is 0.0617 e. The van der Waals surface area contributed by atoms with Gasteiger partial charge in [-0.15, -0.1) is 0 Å². The maximum atomic E-state index is 10.3. The monoisotopic (exact) mass is 258 g/mol. The van der Waals surface area contributed by atoms with E-state index in [2.05, 4.69) is 42.5 Å². The van der Waals surface area contributed by atoms with Crippen molar-refractivity contribution in [1.82, 2.24) is 0 Å². The molecule has 2 aromatic carbocycles. The molecule has 1 heterocycles. The van der Waals surface area contributed by atoms with Gasteiger partial charge in [0.2, 0.25) is 0 Å². The van der Waals surface area contributed by atoms with Crippen LogP contribution in [0.5, 0.6) is 0 Å². The van der Waals surface area contributed by atoms with E-state index < -0.39 is 0 Å². The van der Waals surface area contributed by atoms with Crippen molar-refractivity contribution in [3.05, 3.63) is 48.0 Å². The summed E-state index contributed by atoms with van der Waals surface area (Å²) in [4.78, 5) is 0. The molecule has 0 amide bonds. The summed E-state index contributed by atoms with van der Waals surface area (Å²) in [6.07, 6.45) is 1.76. The molecule has 0 spiro atoms. The van der Waals surface area contributed by atoms with Gasteiger partial charge < -0.3 is 5.11 Å². The Morgan fingerprint density at radius 2 is 2.00 bits per heavy atom. The molecule has 3 rings (SSSR count). The van der Waals surface area contributed by atoms with Crippen LogP contribution in [0, 0.1) is 5.92 Å². The first kappa shape index (κ1) is 12.1. The molecule has 18 heavy (non-hydrogen) atoms. The van der Waals surface area contributed by atoms with E-state index in [1.165, 1.54) is 22.1 Å². The highest BCUT2D eigenvalue weighted by molar-refractivity contribution is 7.99. The van der Waals surface area contributed by atoms with Gasteiger partial charge in [-0.25, -0.2) is 0 Å². The standard InChI is InChI=1S/C16H18OS/c17-16(14-8-9-18-11-14)10-13-6-3-5-12-4-1-2-7-15(12)13/h1-7,14,16-17H,8-11H2. The predicted octanol–water partition coefficient (Wildman–Crippen LogP) is 3.50. The third kappa shape index (κ3) is 2.40. The molecule has 1 aliphatic rings. The Balaban J connectivity index is 1.85. The van der Waals surface area contributed by atoms with E-state index in [-0.39, 0.29) is 6.10 Å². The first-order valence-corrected chi connectivity index (χ1v) is 7.72. The minimum absolute atomic E-state index is 0.189. The van der Waals surface area contributed by atoms with Crippen molar-refractivity contribution in [3.63, 3.8) is 0 Å². The van der Waals surface area contributed by atoms with E-state index in [9.17, 15) is 5.11 Å². The summed E-state index contributed by atoms with van der Waals surface area (Å²) in [7, 11) is 0. The molecule has 1 fully saturated rings. The zero-order chi connectivity index (χ0) is 12.4. The van der Waals surface area contributed by atoms with Gasteiger partial charge in [0, 0.05) is 0 Å². The molecule has 2 heteroatoms. The third-order valence-corrected chi connectivity index (χ3v) is 5.01. The quantitative estimate of drug-likeness (QED) is 0.909. The van der Waals surface area contributed by atoms with Gasteiger partial charge in [0.15, 0.2) is 0 Å². The number of rotatable bonds is 3. The second kappa shape index (κ2) is 5.33. The summed E-state index contributed by atoms with van der Waals surface area (Å²) in [5.74, 6) is 2.80. The fourth-order valence-corrected chi connectivity index (χ4v) is 4.05. The van der Waals surface area contributed by atoms with Gasteiger partial charge in [0.1, 0.15) is 0 Å². The van der Waals surface area contributed by atoms with Gasteiger partial charge in [-0.3, -0.25) is 0 Å². The SMILES string of the molecule is OC(Cc1cccc2ccccc12)C1CCSC1. The number of aliphatic hydroxyl groups excluding tert-OH is 1. The third-order valence-electron chi connectivity index (χ3n) is 3.82. The maximum Gasteiger partial charge on any atom is 0.0617 e. The summed E-state index contributed by atoms with van der Waals surface area (Å²) < 4.78 is 0.